The lowest BCUT2D eigenvalue weighted by atomic mass is 9.93. The second kappa shape index (κ2) is 9.12. The molecule has 1 N–H and O–H groups in total. The molecule has 7 heteroatoms. The summed E-state index contributed by atoms with van der Waals surface area (Å²) in [6, 6.07) is 12.2. The average Bonchev–Trinajstić information content (AvgIpc) is 3.32. The number of nitrogens with zero attached hydrogens (tertiary/aromatic N) is 2. The minimum atomic E-state index is -0.00853. The molecular formula is C25H31N3O4. The van der Waals surface area contributed by atoms with Gasteiger partial charge in [0.1, 0.15) is 5.75 Å². The molecule has 1 aliphatic heterocycles. The van der Waals surface area contributed by atoms with E-state index in [1.165, 1.54) is 10.9 Å². The summed E-state index contributed by atoms with van der Waals surface area (Å²) in [5.41, 5.74) is 3.53. The molecule has 0 radical (unpaired) electrons. The van der Waals surface area contributed by atoms with Crippen LogP contribution in [0.4, 0.5) is 0 Å². The Hall–Kier alpha value is -3.19. The second-order valence-electron chi connectivity index (χ2n) is 8.38. The fourth-order valence-electron chi connectivity index (χ4n) is 4.80. The third kappa shape index (κ3) is 4.25. The van der Waals surface area contributed by atoms with Gasteiger partial charge in [-0.2, -0.15) is 0 Å². The Labute approximate surface area is 188 Å². The molecule has 1 aromatic heterocycles. The molecule has 2 atom stereocenters. The molecule has 0 bridgehead atoms. The Kier molecular flexibility index (Phi) is 6.28. The van der Waals surface area contributed by atoms with Gasteiger partial charge in [0.25, 0.3) is 0 Å². The smallest absolute Gasteiger partial charge is 0.217 e. The van der Waals surface area contributed by atoms with Crippen molar-refractivity contribution in [3.8, 4) is 17.2 Å². The maximum Gasteiger partial charge on any atom is 0.217 e. The maximum atomic E-state index is 12.0. The van der Waals surface area contributed by atoms with E-state index in [1.54, 1.807) is 28.3 Å². The normalized spacial score (nSPS) is 18.7. The topological polar surface area (TPSA) is 65.0 Å². The standard InChI is InChI=1S/C25H31N3O4/c1-16(29)26-22-15-28(12-17-6-9-24(31-4)25(10-17)32-5)14-21(22)20-13-27(2)23-8-7-18(30-3)11-19(20)23/h6-11,13,21-22H,12,14-15H2,1-5H3,(H,26,29)/t21-,22+/m1/s1. The van der Waals surface area contributed by atoms with Crippen LogP contribution >= 0.6 is 0 Å². The second-order valence-corrected chi connectivity index (χ2v) is 8.38. The molecule has 1 aliphatic rings. The largest absolute Gasteiger partial charge is 0.497 e. The highest BCUT2D eigenvalue weighted by Gasteiger charge is 2.36. The number of rotatable bonds is 7. The number of aromatic nitrogens is 1. The molecule has 2 aromatic carbocycles. The lowest BCUT2D eigenvalue weighted by Gasteiger charge is -2.19. The first-order chi connectivity index (χ1) is 15.4. The number of ether oxygens (including phenoxy) is 3. The summed E-state index contributed by atoms with van der Waals surface area (Å²) in [5.74, 6) is 2.44. The molecule has 0 saturated carbocycles. The molecule has 2 heterocycles. The van der Waals surface area contributed by atoms with Gasteiger partial charge < -0.3 is 24.1 Å². The van der Waals surface area contributed by atoms with Crippen LogP contribution in [0.5, 0.6) is 17.2 Å². The first kappa shape index (κ1) is 22.0. The molecule has 0 spiro atoms. The Morgan fingerprint density at radius 2 is 1.81 bits per heavy atom. The molecule has 1 fully saturated rings. The Balaban J connectivity index is 1.64. The summed E-state index contributed by atoms with van der Waals surface area (Å²) in [4.78, 5) is 14.4. The third-order valence-electron chi connectivity index (χ3n) is 6.27. The van der Waals surface area contributed by atoms with Gasteiger partial charge in [-0.1, -0.05) is 6.07 Å². The van der Waals surface area contributed by atoms with Crippen LogP contribution < -0.4 is 19.5 Å². The summed E-state index contributed by atoms with van der Waals surface area (Å²) in [6.07, 6.45) is 2.18. The fourth-order valence-corrected chi connectivity index (χ4v) is 4.80. The summed E-state index contributed by atoms with van der Waals surface area (Å²) >= 11 is 0. The van der Waals surface area contributed by atoms with Gasteiger partial charge in [-0.15, -0.1) is 0 Å². The van der Waals surface area contributed by atoms with E-state index in [0.29, 0.717) is 0 Å². The van der Waals surface area contributed by atoms with E-state index in [2.05, 4.69) is 46.2 Å². The van der Waals surface area contributed by atoms with Gasteiger partial charge in [0, 0.05) is 62.7 Å². The van der Waals surface area contributed by atoms with E-state index in [4.69, 9.17) is 14.2 Å². The van der Waals surface area contributed by atoms with Crippen molar-refractivity contribution in [1.29, 1.82) is 0 Å². The lowest BCUT2D eigenvalue weighted by Crippen LogP contribution is -2.38. The Morgan fingerprint density at radius 1 is 1.03 bits per heavy atom. The van der Waals surface area contributed by atoms with Crippen molar-refractivity contribution in [3.63, 3.8) is 0 Å². The molecule has 1 saturated heterocycles. The van der Waals surface area contributed by atoms with Gasteiger partial charge in [0.05, 0.1) is 21.3 Å². The van der Waals surface area contributed by atoms with E-state index < -0.39 is 0 Å². The third-order valence-corrected chi connectivity index (χ3v) is 6.27. The number of methoxy groups -OCH3 is 3. The number of carbonyl (C=O) groups is 1. The first-order valence-electron chi connectivity index (χ1n) is 10.8. The molecule has 3 aromatic rings. The van der Waals surface area contributed by atoms with Crippen molar-refractivity contribution in [1.82, 2.24) is 14.8 Å². The number of fused-ring (bicyclic) bond motifs is 1. The maximum absolute atomic E-state index is 12.0. The first-order valence-corrected chi connectivity index (χ1v) is 10.8. The van der Waals surface area contributed by atoms with E-state index in [-0.39, 0.29) is 17.9 Å². The summed E-state index contributed by atoms with van der Waals surface area (Å²) in [6.45, 7) is 3.97. The van der Waals surface area contributed by atoms with Crippen LogP contribution in [0.2, 0.25) is 0 Å². The van der Waals surface area contributed by atoms with Gasteiger partial charge >= 0.3 is 0 Å². The predicted molar refractivity (Wildman–Crippen MR) is 125 cm³/mol. The average molecular weight is 438 g/mol. The summed E-state index contributed by atoms with van der Waals surface area (Å²) < 4.78 is 18.4. The molecule has 4 rings (SSSR count). The van der Waals surface area contributed by atoms with Crippen LogP contribution in [0.1, 0.15) is 24.0 Å². The quantitative estimate of drug-likeness (QED) is 0.614. The molecule has 7 nitrogen and oxygen atoms in total. The zero-order valence-electron chi connectivity index (χ0n) is 19.3. The van der Waals surface area contributed by atoms with Gasteiger partial charge in [-0.05, 0) is 41.5 Å². The van der Waals surface area contributed by atoms with Crippen molar-refractivity contribution < 1.29 is 19.0 Å². The fraction of sp³-hybridized carbons (Fsp3) is 0.400. The minimum Gasteiger partial charge on any atom is -0.497 e. The van der Waals surface area contributed by atoms with Crippen LogP contribution in [0.3, 0.4) is 0 Å². The molecule has 1 amide bonds. The monoisotopic (exact) mass is 437 g/mol. The molecule has 0 unspecified atom stereocenters. The van der Waals surface area contributed by atoms with Crippen LogP contribution in [0, 0.1) is 0 Å². The van der Waals surface area contributed by atoms with Crippen molar-refractivity contribution in [2.24, 2.45) is 7.05 Å². The van der Waals surface area contributed by atoms with Gasteiger partial charge in [-0.25, -0.2) is 0 Å². The van der Waals surface area contributed by atoms with E-state index in [1.807, 2.05) is 18.2 Å². The van der Waals surface area contributed by atoms with Crippen molar-refractivity contribution in [2.75, 3.05) is 34.4 Å². The summed E-state index contributed by atoms with van der Waals surface area (Å²) in [7, 11) is 7.03. The molecule has 0 aliphatic carbocycles. The highest BCUT2D eigenvalue weighted by molar-refractivity contribution is 5.86. The number of likely N-dealkylation sites (tertiary alicyclic amines) is 1. The summed E-state index contributed by atoms with van der Waals surface area (Å²) in [5, 5.41) is 4.35. The van der Waals surface area contributed by atoms with Crippen LogP contribution in [-0.4, -0.2) is 55.8 Å². The SMILES string of the molecule is COc1ccc2c(c1)c([C@H]1CN(Cc3ccc(OC)c(OC)c3)C[C@@H]1NC(C)=O)cn2C. The van der Waals surface area contributed by atoms with E-state index in [9.17, 15) is 4.79 Å². The number of hydrogen-bond donors (Lipinski definition) is 1. The highest BCUT2D eigenvalue weighted by Crippen LogP contribution is 2.36. The van der Waals surface area contributed by atoms with Crippen molar-refractivity contribution in [2.45, 2.75) is 25.4 Å². The zero-order chi connectivity index (χ0) is 22.8. The van der Waals surface area contributed by atoms with Crippen molar-refractivity contribution in [3.05, 3.63) is 53.7 Å². The van der Waals surface area contributed by atoms with Crippen LogP contribution in [0.15, 0.2) is 42.6 Å². The minimum absolute atomic E-state index is 0.00853. The number of benzene rings is 2. The zero-order valence-corrected chi connectivity index (χ0v) is 19.3. The Morgan fingerprint density at radius 3 is 2.50 bits per heavy atom. The number of amides is 1. The number of hydrogen-bond acceptors (Lipinski definition) is 5. The van der Waals surface area contributed by atoms with Crippen LogP contribution in [0.25, 0.3) is 10.9 Å². The van der Waals surface area contributed by atoms with E-state index >= 15 is 0 Å². The highest BCUT2D eigenvalue weighted by atomic mass is 16.5. The van der Waals surface area contributed by atoms with E-state index in [0.717, 1.165) is 48.0 Å². The van der Waals surface area contributed by atoms with Gasteiger partial charge in [-0.3, -0.25) is 9.69 Å². The van der Waals surface area contributed by atoms with Gasteiger partial charge in [0.2, 0.25) is 5.91 Å². The number of carbonyl (C=O) groups excluding carboxylic acids is 1. The molecule has 170 valence electrons. The van der Waals surface area contributed by atoms with Crippen LogP contribution in [-0.2, 0) is 18.4 Å². The molecular weight excluding hydrogens is 406 g/mol. The molecule has 32 heavy (non-hydrogen) atoms. The number of nitrogens with one attached hydrogen (secondary N) is 1. The Bertz CT molecular complexity index is 1120. The number of aryl methyl sites for hydroxylation is 1. The predicted octanol–water partition coefficient (Wildman–Crippen LogP) is 3.31. The lowest BCUT2D eigenvalue weighted by molar-refractivity contribution is -0.119. The van der Waals surface area contributed by atoms with Crippen molar-refractivity contribution >= 4 is 16.8 Å². The van der Waals surface area contributed by atoms with Gasteiger partial charge in [0.15, 0.2) is 11.5 Å².